The fourth-order valence-corrected chi connectivity index (χ4v) is 3.34. The van der Waals surface area contributed by atoms with Gasteiger partial charge in [-0.25, -0.2) is 9.67 Å². The van der Waals surface area contributed by atoms with Gasteiger partial charge in [0.1, 0.15) is 0 Å². The second kappa shape index (κ2) is 6.59. The van der Waals surface area contributed by atoms with Crippen molar-refractivity contribution in [3.8, 4) is 0 Å². The number of rotatable bonds is 5. The molecule has 0 saturated carbocycles. The Morgan fingerprint density at radius 1 is 1.07 bits per heavy atom. The Balaban J connectivity index is 1.56. The minimum atomic E-state index is 0.477. The van der Waals surface area contributed by atoms with Crippen LogP contribution < -0.4 is 10.6 Å². The highest BCUT2D eigenvalue weighted by Crippen LogP contribution is 2.31. The van der Waals surface area contributed by atoms with Gasteiger partial charge in [-0.3, -0.25) is 9.78 Å². The maximum absolute atomic E-state index is 4.71. The van der Waals surface area contributed by atoms with E-state index >= 15 is 0 Å². The van der Waals surface area contributed by atoms with Crippen molar-refractivity contribution in [1.82, 2.24) is 39.7 Å². The summed E-state index contributed by atoms with van der Waals surface area (Å²) in [7, 11) is 1.86. The highest BCUT2D eigenvalue weighted by Gasteiger charge is 2.16. The minimum absolute atomic E-state index is 0.477. The van der Waals surface area contributed by atoms with Crippen molar-refractivity contribution in [2.75, 3.05) is 10.6 Å². The summed E-state index contributed by atoms with van der Waals surface area (Å²) in [5.74, 6) is 1.88. The van der Waals surface area contributed by atoms with Crippen LogP contribution in [-0.4, -0.2) is 39.7 Å². The summed E-state index contributed by atoms with van der Waals surface area (Å²) < 4.78 is 3.58. The Kier molecular flexibility index (Phi) is 3.90. The lowest BCUT2D eigenvalue weighted by molar-refractivity contribution is 0.679. The first kappa shape index (κ1) is 17.2. The summed E-state index contributed by atoms with van der Waals surface area (Å²) in [6.07, 6.45) is 5.45. The van der Waals surface area contributed by atoms with Crippen molar-refractivity contribution < 1.29 is 0 Å². The Bertz CT molecular complexity index is 1330. The van der Waals surface area contributed by atoms with Crippen LogP contribution in [0, 0.1) is 6.92 Å². The first-order valence-electron chi connectivity index (χ1n) is 9.32. The van der Waals surface area contributed by atoms with E-state index in [1.54, 1.807) is 10.9 Å². The summed E-state index contributed by atoms with van der Waals surface area (Å²) in [6.45, 7) is 4.78. The molecule has 146 valence electrons. The zero-order chi connectivity index (χ0) is 20.0. The number of hydrogen-bond acceptors (Lipinski definition) is 7. The third-order valence-electron chi connectivity index (χ3n) is 4.82. The first-order valence-corrected chi connectivity index (χ1v) is 9.32. The zero-order valence-electron chi connectivity index (χ0n) is 16.3. The SMILES string of the molecule is CCn1nc(Nc2c(C)ccc3[nH]ncc23)c2cnc(Nc3ccn(C)n3)nc21. The number of H-pyrrole nitrogens is 1. The molecule has 29 heavy (non-hydrogen) atoms. The maximum atomic E-state index is 4.71. The number of aromatic nitrogens is 8. The normalized spacial score (nSPS) is 11.4. The molecule has 5 rings (SSSR count). The third kappa shape index (κ3) is 2.94. The van der Waals surface area contributed by atoms with Gasteiger partial charge in [-0.15, -0.1) is 0 Å². The number of aryl methyl sites for hydroxylation is 3. The largest absolute Gasteiger partial charge is 0.337 e. The molecule has 3 N–H and O–H groups in total. The summed E-state index contributed by atoms with van der Waals surface area (Å²) >= 11 is 0. The minimum Gasteiger partial charge on any atom is -0.337 e. The molecule has 0 saturated heterocycles. The third-order valence-corrected chi connectivity index (χ3v) is 4.82. The van der Waals surface area contributed by atoms with Crippen LogP contribution in [0.15, 0.2) is 36.8 Å². The van der Waals surface area contributed by atoms with E-state index in [0.717, 1.165) is 33.2 Å². The lowest BCUT2D eigenvalue weighted by atomic mass is 10.1. The molecule has 10 nitrogen and oxygen atoms in total. The van der Waals surface area contributed by atoms with Crippen LogP contribution in [0.5, 0.6) is 0 Å². The van der Waals surface area contributed by atoms with Crippen molar-refractivity contribution in [2.24, 2.45) is 7.05 Å². The highest BCUT2D eigenvalue weighted by atomic mass is 15.4. The average Bonchev–Trinajstić information content (AvgIpc) is 3.43. The molecule has 0 aliphatic heterocycles. The number of nitrogens with zero attached hydrogens (tertiary/aromatic N) is 7. The van der Waals surface area contributed by atoms with E-state index < -0.39 is 0 Å². The van der Waals surface area contributed by atoms with Gasteiger partial charge in [0, 0.05) is 37.4 Å². The Labute approximate surface area is 166 Å². The number of anilines is 4. The average molecular weight is 388 g/mol. The summed E-state index contributed by atoms with van der Waals surface area (Å²) in [4.78, 5) is 9.11. The van der Waals surface area contributed by atoms with Crippen molar-refractivity contribution >= 4 is 45.2 Å². The molecule has 0 spiro atoms. The molecule has 10 heteroatoms. The summed E-state index contributed by atoms with van der Waals surface area (Å²) in [6, 6.07) is 5.93. The van der Waals surface area contributed by atoms with Crippen LogP contribution in [0.1, 0.15) is 12.5 Å². The summed E-state index contributed by atoms with van der Waals surface area (Å²) in [5, 5.41) is 24.6. The molecule has 5 aromatic rings. The maximum Gasteiger partial charge on any atom is 0.230 e. The van der Waals surface area contributed by atoms with Crippen LogP contribution >= 0.6 is 0 Å². The van der Waals surface area contributed by atoms with Crippen molar-refractivity contribution in [2.45, 2.75) is 20.4 Å². The predicted octanol–water partition coefficient (Wildman–Crippen LogP) is 3.25. The molecule has 0 aliphatic carbocycles. The summed E-state index contributed by atoms with van der Waals surface area (Å²) in [5.41, 5.74) is 3.79. The van der Waals surface area contributed by atoms with E-state index in [2.05, 4.69) is 42.8 Å². The topological polar surface area (TPSA) is 114 Å². The molecule has 4 heterocycles. The first-order chi connectivity index (χ1) is 14.1. The Morgan fingerprint density at radius 2 is 1.97 bits per heavy atom. The number of aromatic amines is 1. The number of fused-ring (bicyclic) bond motifs is 2. The number of hydrogen-bond donors (Lipinski definition) is 3. The van der Waals surface area contributed by atoms with Crippen molar-refractivity contribution in [1.29, 1.82) is 0 Å². The smallest absolute Gasteiger partial charge is 0.230 e. The Morgan fingerprint density at radius 3 is 2.76 bits per heavy atom. The standard InChI is InChI=1S/C19H20N10/c1-4-29-18-13(9-20-19(24-18)22-15-7-8-28(3)26-15)17(27-29)23-16-11(2)5-6-14-12(16)10-21-25-14/h5-10H,4H2,1-3H3,(H,21,25)(H,23,27)(H,20,22,24,26). The molecule has 4 aromatic heterocycles. The number of nitrogens with one attached hydrogen (secondary N) is 3. The highest BCUT2D eigenvalue weighted by molar-refractivity contribution is 5.98. The van der Waals surface area contributed by atoms with E-state index in [9.17, 15) is 0 Å². The molecular formula is C19H20N10. The molecule has 0 unspecified atom stereocenters. The van der Waals surface area contributed by atoms with Gasteiger partial charge < -0.3 is 10.6 Å². The van der Waals surface area contributed by atoms with Gasteiger partial charge in [0.15, 0.2) is 17.3 Å². The van der Waals surface area contributed by atoms with Crippen LogP contribution in [0.2, 0.25) is 0 Å². The van der Waals surface area contributed by atoms with Gasteiger partial charge >= 0.3 is 0 Å². The van der Waals surface area contributed by atoms with Gasteiger partial charge in [-0.2, -0.15) is 20.3 Å². The fourth-order valence-electron chi connectivity index (χ4n) is 3.34. The molecule has 0 atom stereocenters. The van der Waals surface area contributed by atoms with Gasteiger partial charge in [-0.1, -0.05) is 6.07 Å². The van der Waals surface area contributed by atoms with Crippen LogP contribution in [0.4, 0.5) is 23.3 Å². The lowest BCUT2D eigenvalue weighted by Crippen LogP contribution is -2.02. The molecule has 1 aromatic carbocycles. The second-order valence-corrected chi connectivity index (χ2v) is 6.81. The molecular weight excluding hydrogens is 368 g/mol. The predicted molar refractivity (Wildman–Crippen MR) is 112 cm³/mol. The molecule has 0 fully saturated rings. The number of benzene rings is 1. The van der Waals surface area contributed by atoms with E-state index in [1.165, 1.54) is 0 Å². The Hall–Kier alpha value is -3.95. The quantitative estimate of drug-likeness (QED) is 0.423. The molecule has 0 amide bonds. The fraction of sp³-hybridized carbons (Fsp3) is 0.211. The van der Waals surface area contributed by atoms with E-state index in [-0.39, 0.29) is 0 Å². The van der Waals surface area contributed by atoms with E-state index in [1.807, 2.05) is 49.2 Å². The van der Waals surface area contributed by atoms with Crippen molar-refractivity contribution in [3.05, 3.63) is 42.4 Å². The monoisotopic (exact) mass is 388 g/mol. The molecule has 0 aliphatic rings. The zero-order valence-corrected chi connectivity index (χ0v) is 16.3. The van der Waals surface area contributed by atoms with Gasteiger partial charge in [0.25, 0.3) is 0 Å². The van der Waals surface area contributed by atoms with Crippen LogP contribution in [-0.2, 0) is 13.6 Å². The molecule has 0 radical (unpaired) electrons. The van der Waals surface area contributed by atoms with Crippen molar-refractivity contribution in [3.63, 3.8) is 0 Å². The van der Waals surface area contributed by atoms with Crippen LogP contribution in [0.25, 0.3) is 21.9 Å². The second-order valence-electron chi connectivity index (χ2n) is 6.81. The van der Waals surface area contributed by atoms with E-state index in [0.29, 0.717) is 24.1 Å². The molecule has 0 bridgehead atoms. The van der Waals surface area contributed by atoms with Gasteiger partial charge in [0.2, 0.25) is 5.95 Å². The van der Waals surface area contributed by atoms with Gasteiger partial charge in [-0.05, 0) is 25.5 Å². The van der Waals surface area contributed by atoms with Gasteiger partial charge in [0.05, 0.1) is 22.8 Å². The lowest BCUT2D eigenvalue weighted by Gasteiger charge is -2.08. The van der Waals surface area contributed by atoms with E-state index in [4.69, 9.17) is 5.10 Å². The van der Waals surface area contributed by atoms with Crippen LogP contribution in [0.3, 0.4) is 0 Å².